The van der Waals surface area contributed by atoms with Crippen molar-refractivity contribution in [1.82, 2.24) is 4.31 Å². The summed E-state index contributed by atoms with van der Waals surface area (Å²) in [5.41, 5.74) is 2.49. The monoisotopic (exact) mass is 394 g/mol. The molecule has 2 aromatic rings. The summed E-state index contributed by atoms with van der Waals surface area (Å²) in [6, 6.07) is 11.2. The van der Waals surface area contributed by atoms with Gasteiger partial charge in [-0.25, -0.2) is 8.42 Å². The summed E-state index contributed by atoms with van der Waals surface area (Å²) in [4.78, 5) is 2.52. The van der Waals surface area contributed by atoms with Crippen molar-refractivity contribution < 1.29 is 13.2 Å². The van der Waals surface area contributed by atoms with Gasteiger partial charge in [0.1, 0.15) is 5.75 Å². The van der Waals surface area contributed by atoms with E-state index in [9.17, 15) is 8.42 Å². The van der Waals surface area contributed by atoms with Gasteiger partial charge in [-0.2, -0.15) is 4.31 Å². The van der Waals surface area contributed by atoms with Crippen molar-refractivity contribution in [3.63, 3.8) is 0 Å². The Morgan fingerprint density at radius 2 is 1.69 bits per heavy atom. The van der Waals surface area contributed by atoms with E-state index in [0.29, 0.717) is 41.7 Å². The molecule has 0 N–H and O–H groups in total. The van der Waals surface area contributed by atoms with Crippen molar-refractivity contribution in [2.45, 2.75) is 18.7 Å². The lowest BCUT2D eigenvalue weighted by Crippen LogP contribution is -2.48. The van der Waals surface area contributed by atoms with Gasteiger partial charge in [0.25, 0.3) is 0 Å². The Hall–Kier alpha value is -1.76. The lowest BCUT2D eigenvalue weighted by Gasteiger charge is -2.35. The number of aryl methyl sites for hydroxylation is 2. The van der Waals surface area contributed by atoms with E-state index in [1.165, 1.54) is 0 Å². The van der Waals surface area contributed by atoms with Crippen LogP contribution >= 0.6 is 11.6 Å². The smallest absolute Gasteiger partial charge is 0.243 e. The minimum Gasteiger partial charge on any atom is -0.497 e. The van der Waals surface area contributed by atoms with E-state index < -0.39 is 10.0 Å². The summed E-state index contributed by atoms with van der Waals surface area (Å²) in [5.74, 6) is 0.796. The van der Waals surface area contributed by atoms with Crippen molar-refractivity contribution in [2.75, 3.05) is 38.2 Å². The highest BCUT2D eigenvalue weighted by atomic mass is 35.5. The molecule has 0 atom stereocenters. The fourth-order valence-corrected chi connectivity index (χ4v) is 5.10. The molecule has 2 aromatic carbocycles. The van der Waals surface area contributed by atoms with Gasteiger partial charge in [0, 0.05) is 43.0 Å². The van der Waals surface area contributed by atoms with Gasteiger partial charge in [0.15, 0.2) is 0 Å². The van der Waals surface area contributed by atoms with E-state index in [1.807, 2.05) is 31.2 Å². The van der Waals surface area contributed by atoms with Crippen molar-refractivity contribution in [2.24, 2.45) is 0 Å². The van der Waals surface area contributed by atoms with Crippen molar-refractivity contribution in [1.29, 1.82) is 0 Å². The SMILES string of the molecule is COc1cccc(N2CCN(S(=O)(=O)c3cc(C)c(Cl)cc3C)CC2)c1. The Morgan fingerprint density at radius 3 is 2.35 bits per heavy atom. The lowest BCUT2D eigenvalue weighted by molar-refractivity contribution is 0.383. The number of ether oxygens (including phenoxy) is 1. The van der Waals surface area contributed by atoms with Gasteiger partial charge < -0.3 is 9.64 Å². The fraction of sp³-hybridized carbons (Fsp3) is 0.368. The fourth-order valence-electron chi connectivity index (χ4n) is 3.17. The predicted molar refractivity (Wildman–Crippen MR) is 105 cm³/mol. The van der Waals surface area contributed by atoms with Crippen LogP contribution in [0.5, 0.6) is 5.75 Å². The molecule has 0 aliphatic carbocycles. The Morgan fingerprint density at radius 1 is 1.00 bits per heavy atom. The zero-order valence-corrected chi connectivity index (χ0v) is 16.8. The quantitative estimate of drug-likeness (QED) is 0.796. The highest BCUT2D eigenvalue weighted by Crippen LogP contribution is 2.28. The first-order valence-corrected chi connectivity index (χ1v) is 10.3. The molecule has 1 fully saturated rings. The van der Waals surface area contributed by atoms with Crippen LogP contribution in [0.25, 0.3) is 0 Å². The number of sulfonamides is 1. The van der Waals surface area contributed by atoms with Gasteiger partial charge in [0.05, 0.1) is 12.0 Å². The number of nitrogens with zero attached hydrogens (tertiary/aromatic N) is 2. The second kappa shape index (κ2) is 7.47. The molecule has 1 aliphatic rings. The Labute approximate surface area is 160 Å². The highest BCUT2D eigenvalue weighted by molar-refractivity contribution is 7.89. The topological polar surface area (TPSA) is 49.9 Å². The minimum atomic E-state index is -3.53. The number of hydrogen-bond donors (Lipinski definition) is 0. The maximum atomic E-state index is 13.1. The average Bonchev–Trinajstić information content (AvgIpc) is 2.64. The molecular formula is C19H23ClN2O3S. The molecule has 0 radical (unpaired) electrons. The van der Waals surface area contributed by atoms with Crippen LogP contribution in [0.3, 0.4) is 0 Å². The van der Waals surface area contributed by atoms with Gasteiger partial charge in [0.2, 0.25) is 10.0 Å². The summed E-state index contributed by atoms with van der Waals surface area (Å²) < 4.78 is 32.9. The van der Waals surface area contributed by atoms with Gasteiger partial charge >= 0.3 is 0 Å². The van der Waals surface area contributed by atoms with Crippen LogP contribution in [-0.4, -0.2) is 46.0 Å². The van der Waals surface area contributed by atoms with Crippen molar-refractivity contribution in [3.05, 3.63) is 52.5 Å². The van der Waals surface area contributed by atoms with E-state index in [1.54, 1.807) is 30.5 Å². The molecule has 1 saturated heterocycles. The minimum absolute atomic E-state index is 0.342. The molecule has 1 aliphatic heterocycles. The zero-order valence-electron chi connectivity index (χ0n) is 15.2. The van der Waals surface area contributed by atoms with Crippen molar-refractivity contribution in [3.8, 4) is 5.75 Å². The molecule has 1 heterocycles. The summed E-state index contributed by atoms with van der Waals surface area (Å²) in [6.07, 6.45) is 0. The molecule has 0 aromatic heterocycles. The number of methoxy groups -OCH3 is 1. The zero-order chi connectivity index (χ0) is 18.9. The number of halogens is 1. The number of hydrogen-bond acceptors (Lipinski definition) is 4. The third-order valence-corrected chi connectivity index (χ3v) is 7.18. The molecule has 0 spiro atoms. The maximum Gasteiger partial charge on any atom is 0.243 e. The highest BCUT2D eigenvalue weighted by Gasteiger charge is 2.30. The van der Waals surface area contributed by atoms with E-state index in [0.717, 1.165) is 17.0 Å². The van der Waals surface area contributed by atoms with E-state index in [4.69, 9.17) is 16.3 Å². The van der Waals surface area contributed by atoms with Crippen LogP contribution in [0.1, 0.15) is 11.1 Å². The summed E-state index contributed by atoms with van der Waals surface area (Å²) in [6.45, 7) is 5.77. The standard InChI is InChI=1S/C19H23ClN2O3S/c1-14-12-19(15(2)11-18(14)20)26(23,24)22-9-7-21(8-10-22)16-5-4-6-17(13-16)25-3/h4-6,11-13H,7-10H2,1-3H3. The number of piperazine rings is 1. The molecule has 0 amide bonds. The van der Waals surface area contributed by atoms with Crippen molar-refractivity contribution >= 4 is 27.3 Å². The Balaban J connectivity index is 1.78. The molecule has 5 nitrogen and oxygen atoms in total. The van der Waals surface area contributed by atoms with Gasteiger partial charge in [-0.1, -0.05) is 17.7 Å². The third kappa shape index (κ3) is 3.68. The van der Waals surface area contributed by atoms with Crippen LogP contribution in [-0.2, 0) is 10.0 Å². The first-order valence-electron chi connectivity index (χ1n) is 8.49. The van der Waals surface area contributed by atoms with Gasteiger partial charge in [-0.3, -0.25) is 0 Å². The molecule has 140 valence electrons. The first kappa shape index (κ1) is 19.0. The van der Waals surface area contributed by atoms with Gasteiger partial charge in [-0.15, -0.1) is 0 Å². The molecular weight excluding hydrogens is 372 g/mol. The Bertz CT molecular complexity index is 907. The average molecular weight is 395 g/mol. The predicted octanol–water partition coefficient (Wildman–Crippen LogP) is 3.48. The summed E-state index contributed by atoms with van der Waals surface area (Å²) in [5, 5.41) is 0.587. The van der Waals surface area contributed by atoms with Crippen LogP contribution in [0, 0.1) is 13.8 Å². The number of benzene rings is 2. The molecule has 0 saturated carbocycles. The van der Waals surface area contributed by atoms with Crippen LogP contribution < -0.4 is 9.64 Å². The normalized spacial score (nSPS) is 15.9. The molecule has 7 heteroatoms. The van der Waals surface area contributed by atoms with E-state index in [-0.39, 0.29) is 0 Å². The second-order valence-corrected chi connectivity index (χ2v) is 8.77. The van der Waals surface area contributed by atoms with Crippen LogP contribution in [0.4, 0.5) is 5.69 Å². The molecule has 26 heavy (non-hydrogen) atoms. The second-order valence-electron chi connectivity index (χ2n) is 6.46. The Kier molecular flexibility index (Phi) is 5.46. The van der Waals surface area contributed by atoms with E-state index >= 15 is 0 Å². The lowest BCUT2D eigenvalue weighted by atomic mass is 10.2. The molecule has 3 rings (SSSR count). The van der Waals surface area contributed by atoms with Crippen LogP contribution in [0.2, 0.25) is 5.02 Å². The third-order valence-electron chi connectivity index (χ3n) is 4.73. The molecule has 0 bridgehead atoms. The summed E-state index contributed by atoms with van der Waals surface area (Å²) >= 11 is 6.11. The molecule has 0 unspecified atom stereocenters. The maximum absolute atomic E-state index is 13.1. The van der Waals surface area contributed by atoms with Crippen LogP contribution in [0.15, 0.2) is 41.3 Å². The van der Waals surface area contributed by atoms with Gasteiger partial charge in [-0.05, 0) is 49.2 Å². The van der Waals surface area contributed by atoms with E-state index in [2.05, 4.69) is 4.90 Å². The number of rotatable bonds is 4. The number of anilines is 1. The largest absolute Gasteiger partial charge is 0.497 e. The summed E-state index contributed by atoms with van der Waals surface area (Å²) in [7, 11) is -1.89. The first-order chi connectivity index (χ1) is 12.3.